The third kappa shape index (κ3) is 5.43. The fourth-order valence-electron chi connectivity index (χ4n) is 10.8. The summed E-state index contributed by atoms with van der Waals surface area (Å²) >= 11 is 0. The summed E-state index contributed by atoms with van der Waals surface area (Å²) in [6.07, 6.45) is -3.41. The molecular weight excluding hydrogens is 608 g/mol. The second-order valence-electron chi connectivity index (χ2n) is 16.6. The van der Waals surface area contributed by atoms with E-state index in [0.717, 1.165) is 11.1 Å². The van der Waals surface area contributed by atoms with Crippen molar-refractivity contribution in [3.8, 4) is 0 Å². The van der Waals surface area contributed by atoms with E-state index in [-0.39, 0.29) is 36.9 Å². The molecule has 0 bridgehead atoms. The lowest BCUT2D eigenvalue weighted by molar-refractivity contribution is -0.311. The predicted molar refractivity (Wildman–Crippen MR) is 170 cm³/mol. The van der Waals surface area contributed by atoms with Crippen LogP contribution in [-0.2, 0) is 19.1 Å². The average molecular weight is 665 g/mol. The summed E-state index contributed by atoms with van der Waals surface area (Å²) < 4.78 is 11.7. The van der Waals surface area contributed by atoms with E-state index in [1.807, 2.05) is 26.8 Å². The third-order valence-electron chi connectivity index (χ3n) is 13.6. The molecular formula is C36H56O11. The van der Waals surface area contributed by atoms with Crippen LogP contribution in [0, 0.1) is 39.4 Å². The first kappa shape index (κ1) is 36.7. The van der Waals surface area contributed by atoms with Crippen LogP contribution >= 0.6 is 0 Å². The Labute approximate surface area is 277 Å². The molecule has 11 heteroatoms. The van der Waals surface area contributed by atoms with Crippen LogP contribution in [0.4, 0.5) is 0 Å². The van der Waals surface area contributed by atoms with E-state index in [4.69, 9.17) is 9.47 Å². The lowest BCUT2D eigenvalue weighted by Gasteiger charge is -2.64. The predicted octanol–water partition coefficient (Wildman–Crippen LogP) is 1.58. The monoisotopic (exact) mass is 664 g/mol. The van der Waals surface area contributed by atoms with Gasteiger partial charge in [-0.15, -0.1) is 0 Å². The topological polar surface area (TPSA) is 194 Å². The Bertz CT molecular complexity index is 1300. The Hall–Kier alpha value is -1.54. The Morgan fingerprint density at radius 1 is 1.04 bits per heavy atom. The molecule has 47 heavy (non-hydrogen) atoms. The SMILES string of the molecule is C/C(=C/CC[C@](C)(O)[C@H]1[C@H](O)C[C@@]2(C)[C@@H]3CC=C4[C@@H](C[C@H](O[C@@H]5O[C@H](CO)[C@@H](O)[C@H](O)[C@H]5O)C(=O)C4(C)C)[C@]3(C)C(=O)C[C@]12C)CO. The lowest BCUT2D eigenvalue weighted by atomic mass is 9.38. The van der Waals surface area contributed by atoms with Crippen LogP contribution in [0.1, 0.15) is 87.0 Å². The maximum Gasteiger partial charge on any atom is 0.187 e. The molecule has 5 aliphatic rings. The minimum absolute atomic E-state index is 0.0146. The fourth-order valence-corrected chi connectivity index (χ4v) is 10.8. The molecule has 5 rings (SSSR count). The number of carbonyl (C=O) groups excluding carboxylic acids is 2. The zero-order valence-corrected chi connectivity index (χ0v) is 28.8. The van der Waals surface area contributed by atoms with Crippen molar-refractivity contribution in [2.45, 2.75) is 136 Å². The number of aliphatic hydroxyl groups excluding tert-OH is 6. The zero-order chi connectivity index (χ0) is 35.1. The van der Waals surface area contributed by atoms with Gasteiger partial charge in [0.15, 0.2) is 12.1 Å². The smallest absolute Gasteiger partial charge is 0.187 e. The van der Waals surface area contributed by atoms with E-state index in [0.29, 0.717) is 25.7 Å². The van der Waals surface area contributed by atoms with E-state index >= 15 is 0 Å². The molecule has 11 nitrogen and oxygen atoms in total. The molecule has 0 aromatic carbocycles. The summed E-state index contributed by atoms with van der Waals surface area (Å²) in [7, 11) is 0. The summed E-state index contributed by atoms with van der Waals surface area (Å²) in [5, 5.41) is 73.9. The van der Waals surface area contributed by atoms with Crippen molar-refractivity contribution in [1.29, 1.82) is 0 Å². The second-order valence-corrected chi connectivity index (χ2v) is 16.6. The van der Waals surface area contributed by atoms with Gasteiger partial charge in [0.05, 0.1) is 24.9 Å². The molecule has 3 saturated carbocycles. The van der Waals surface area contributed by atoms with Gasteiger partial charge < -0.3 is 45.2 Å². The Kier molecular flexibility index (Phi) is 9.65. The van der Waals surface area contributed by atoms with Crippen molar-refractivity contribution in [3.05, 3.63) is 23.3 Å². The third-order valence-corrected chi connectivity index (χ3v) is 13.6. The maximum absolute atomic E-state index is 14.7. The largest absolute Gasteiger partial charge is 0.394 e. The molecule has 0 radical (unpaired) electrons. The van der Waals surface area contributed by atoms with Gasteiger partial charge >= 0.3 is 0 Å². The van der Waals surface area contributed by atoms with Gasteiger partial charge in [0.1, 0.15) is 36.3 Å². The van der Waals surface area contributed by atoms with Crippen molar-refractivity contribution in [1.82, 2.24) is 0 Å². The highest BCUT2D eigenvalue weighted by Gasteiger charge is 2.74. The molecule has 4 aliphatic carbocycles. The highest BCUT2D eigenvalue weighted by molar-refractivity contribution is 5.94. The average Bonchev–Trinajstić information content (AvgIpc) is 3.20. The van der Waals surface area contributed by atoms with Crippen LogP contribution in [0.3, 0.4) is 0 Å². The number of hydrogen-bond acceptors (Lipinski definition) is 11. The summed E-state index contributed by atoms with van der Waals surface area (Å²) in [5.41, 5.74) is -2.80. The van der Waals surface area contributed by atoms with Crippen molar-refractivity contribution in [3.63, 3.8) is 0 Å². The molecule has 266 valence electrons. The number of allylic oxidation sites excluding steroid dienone is 3. The van der Waals surface area contributed by atoms with Gasteiger partial charge in [-0.3, -0.25) is 9.59 Å². The molecule has 1 heterocycles. The molecule has 14 atom stereocenters. The number of Topliss-reactive ketones (excluding diaryl/α,β-unsaturated/α-hetero) is 2. The van der Waals surface area contributed by atoms with Crippen LogP contribution in [0.5, 0.6) is 0 Å². The van der Waals surface area contributed by atoms with Gasteiger partial charge in [-0.2, -0.15) is 0 Å². The van der Waals surface area contributed by atoms with E-state index in [2.05, 4.69) is 13.0 Å². The Morgan fingerprint density at radius 2 is 1.70 bits per heavy atom. The molecule has 0 unspecified atom stereocenters. The lowest BCUT2D eigenvalue weighted by Crippen LogP contribution is -2.65. The molecule has 1 aliphatic heterocycles. The number of ether oxygens (including phenoxy) is 2. The van der Waals surface area contributed by atoms with Crippen LogP contribution < -0.4 is 0 Å². The normalized spacial score (nSPS) is 47.9. The Morgan fingerprint density at radius 3 is 2.32 bits per heavy atom. The van der Waals surface area contributed by atoms with Gasteiger partial charge in [0.2, 0.25) is 0 Å². The molecule has 0 spiro atoms. The molecule has 0 amide bonds. The summed E-state index contributed by atoms with van der Waals surface area (Å²) in [6, 6.07) is 0. The van der Waals surface area contributed by atoms with E-state index in [1.165, 1.54) is 0 Å². The summed E-state index contributed by atoms with van der Waals surface area (Å²) in [5.74, 6) is -1.41. The van der Waals surface area contributed by atoms with Gasteiger partial charge in [-0.25, -0.2) is 0 Å². The highest BCUT2D eigenvalue weighted by Crippen LogP contribution is 2.74. The first-order valence-corrected chi connectivity index (χ1v) is 17.1. The number of ketones is 2. The van der Waals surface area contributed by atoms with Crippen molar-refractivity contribution in [2.24, 2.45) is 39.4 Å². The quantitative estimate of drug-likeness (QED) is 0.186. The van der Waals surface area contributed by atoms with Crippen molar-refractivity contribution in [2.75, 3.05) is 13.2 Å². The van der Waals surface area contributed by atoms with Crippen molar-refractivity contribution < 1.29 is 54.8 Å². The van der Waals surface area contributed by atoms with Crippen LogP contribution in [0.2, 0.25) is 0 Å². The number of carbonyl (C=O) groups is 2. The Balaban J connectivity index is 1.48. The van der Waals surface area contributed by atoms with Gasteiger partial charge in [-0.1, -0.05) is 44.1 Å². The minimum atomic E-state index is -1.67. The number of aliphatic hydroxyl groups is 7. The fraction of sp³-hybridized carbons (Fsp3) is 0.833. The number of hydrogen-bond donors (Lipinski definition) is 7. The molecule has 0 aromatic heterocycles. The standard InChI is InChI=1S/C36H56O11/c1-18(16-37)9-8-12-35(6,45)29-21(39)14-33(4)24-11-10-19-20(36(24,7)25(40)15-34(29,33)5)13-22(30(44)32(19,2)3)46-31-28(43)27(42)26(41)23(17-38)47-31/h9-10,20-24,26-29,31,37-39,41-43,45H,8,11-17H2,1-7H3/b18-9-/t20-,21-,22+,23-,24+,26-,27+,28-,29+,31-,33+,34-,35+,36+/m1/s1. The minimum Gasteiger partial charge on any atom is -0.394 e. The summed E-state index contributed by atoms with van der Waals surface area (Å²) in [6.45, 7) is 12.6. The van der Waals surface area contributed by atoms with Crippen molar-refractivity contribution >= 4 is 11.6 Å². The van der Waals surface area contributed by atoms with Gasteiger partial charge in [0.25, 0.3) is 0 Å². The number of rotatable bonds is 8. The molecule has 4 fully saturated rings. The molecule has 0 aromatic rings. The van der Waals surface area contributed by atoms with Gasteiger partial charge in [0, 0.05) is 23.2 Å². The van der Waals surface area contributed by atoms with Crippen LogP contribution in [-0.4, -0.2) is 109 Å². The van der Waals surface area contributed by atoms with E-state index in [9.17, 15) is 45.3 Å². The first-order chi connectivity index (χ1) is 21.7. The van der Waals surface area contributed by atoms with Gasteiger partial charge in [-0.05, 0) is 82.5 Å². The first-order valence-electron chi connectivity index (χ1n) is 17.1. The highest BCUT2D eigenvalue weighted by atomic mass is 16.7. The molecule has 7 N–H and O–H groups in total. The van der Waals surface area contributed by atoms with E-state index < -0.39 is 88.6 Å². The van der Waals surface area contributed by atoms with Crippen LogP contribution in [0.25, 0.3) is 0 Å². The van der Waals surface area contributed by atoms with E-state index in [1.54, 1.807) is 20.8 Å². The maximum atomic E-state index is 14.7. The summed E-state index contributed by atoms with van der Waals surface area (Å²) in [4.78, 5) is 28.6. The second kappa shape index (κ2) is 12.3. The zero-order valence-electron chi connectivity index (χ0n) is 28.8. The molecule has 1 saturated heterocycles. The number of fused-ring (bicyclic) bond motifs is 5. The van der Waals surface area contributed by atoms with Crippen LogP contribution in [0.15, 0.2) is 23.3 Å².